The molecule has 182 valence electrons. The zero-order chi connectivity index (χ0) is 24.6. The number of ether oxygens (including phenoxy) is 3. The van der Waals surface area contributed by atoms with Crippen LogP contribution in [0.3, 0.4) is 0 Å². The molecule has 6 heteroatoms. The fourth-order valence-electron chi connectivity index (χ4n) is 3.90. The summed E-state index contributed by atoms with van der Waals surface area (Å²) in [6.07, 6.45) is 3.38. The van der Waals surface area contributed by atoms with Crippen LogP contribution in [-0.4, -0.2) is 23.5 Å². The molecule has 0 heterocycles. The maximum atomic E-state index is 13.2. The Kier molecular flexibility index (Phi) is 8.85. The molecule has 0 aliphatic heterocycles. The summed E-state index contributed by atoms with van der Waals surface area (Å²) in [7, 11) is 0. The molecule has 0 radical (unpaired) electrons. The molecule has 0 amide bonds. The maximum absolute atomic E-state index is 13.2. The number of hydrogen-bond donors (Lipinski definition) is 0. The highest BCUT2D eigenvalue weighted by Gasteiger charge is 2.45. The molecular weight excluding hydrogens is 432 g/mol. The lowest BCUT2D eigenvalue weighted by Gasteiger charge is -2.32. The Bertz CT molecular complexity index is 944. The second kappa shape index (κ2) is 11.8. The Labute approximate surface area is 201 Å². The molecule has 34 heavy (non-hydrogen) atoms. The highest BCUT2D eigenvalue weighted by atomic mass is 16.6. The van der Waals surface area contributed by atoms with Crippen LogP contribution in [-0.2, 0) is 41.8 Å². The van der Waals surface area contributed by atoms with Gasteiger partial charge in [0.05, 0.1) is 5.92 Å². The van der Waals surface area contributed by atoms with Crippen LogP contribution in [0.1, 0.15) is 57.6 Å². The normalized spacial score (nSPS) is 15.5. The molecule has 2 atom stereocenters. The van der Waals surface area contributed by atoms with Gasteiger partial charge in [-0.15, -0.1) is 0 Å². The highest BCUT2D eigenvalue weighted by Crippen LogP contribution is 2.36. The van der Waals surface area contributed by atoms with E-state index in [2.05, 4.69) is 0 Å². The third-order valence-corrected chi connectivity index (χ3v) is 5.88. The van der Waals surface area contributed by atoms with Crippen molar-refractivity contribution in [2.75, 3.05) is 0 Å². The number of hydrogen-bond acceptors (Lipinski definition) is 6. The van der Waals surface area contributed by atoms with E-state index in [0.29, 0.717) is 6.42 Å². The molecule has 2 aromatic rings. The summed E-state index contributed by atoms with van der Waals surface area (Å²) < 4.78 is 16.6. The monoisotopic (exact) mass is 466 g/mol. The van der Waals surface area contributed by atoms with E-state index in [1.165, 1.54) is 0 Å². The second-order valence-electron chi connectivity index (χ2n) is 9.84. The van der Waals surface area contributed by atoms with Gasteiger partial charge in [0.1, 0.15) is 18.8 Å². The zero-order valence-corrected chi connectivity index (χ0v) is 20.2. The van der Waals surface area contributed by atoms with Crippen LogP contribution in [0.15, 0.2) is 60.7 Å². The lowest BCUT2D eigenvalue weighted by atomic mass is 9.75. The molecule has 1 saturated carbocycles. The second-order valence-corrected chi connectivity index (χ2v) is 9.84. The average molecular weight is 467 g/mol. The van der Waals surface area contributed by atoms with Crippen LogP contribution in [0.4, 0.5) is 0 Å². The van der Waals surface area contributed by atoms with Crippen LogP contribution in [0, 0.1) is 17.8 Å². The maximum Gasteiger partial charge on any atom is 0.321 e. The van der Waals surface area contributed by atoms with Crippen molar-refractivity contribution in [2.24, 2.45) is 17.8 Å². The van der Waals surface area contributed by atoms with Gasteiger partial charge in [0, 0.05) is 0 Å². The fraction of sp³-hybridized carbons (Fsp3) is 0.464. The highest BCUT2D eigenvalue weighted by molar-refractivity contribution is 5.99. The van der Waals surface area contributed by atoms with E-state index in [0.717, 1.165) is 30.4 Å². The molecular formula is C28H34O6. The lowest BCUT2D eigenvalue weighted by Crippen LogP contribution is -2.42. The Balaban J connectivity index is 1.80. The van der Waals surface area contributed by atoms with Gasteiger partial charge in [-0.1, -0.05) is 79.9 Å². The van der Waals surface area contributed by atoms with E-state index in [4.69, 9.17) is 14.2 Å². The van der Waals surface area contributed by atoms with Crippen molar-refractivity contribution in [3.05, 3.63) is 71.8 Å². The minimum atomic E-state index is -1.38. The van der Waals surface area contributed by atoms with Gasteiger partial charge >= 0.3 is 17.9 Å². The molecule has 1 aliphatic carbocycles. The number of benzene rings is 2. The van der Waals surface area contributed by atoms with Crippen LogP contribution < -0.4 is 0 Å². The van der Waals surface area contributed by atoms with Crippen LogP contribution in [0.25, 0.3) is 0 Å². The number of carbonyl (C=O) groups excluding carboxylic acids is 3. The van der Waals surface area contributed by atoms with E-state index < -0.39 is 35.3 Å². The van der Waals surface area contributed by atoms with Gasteiger partial charge in [0.15, 0.2) is 5.92 Å². The Hall–Kier alpha value is -3.15. The van der Waals surface area contributed by atoms with Crippen molar-refractivity contribution < 1.29 is 28.6 Å². The van der Waals surface area contributed by atoms with Crippen LogP contribution in [0.5, 0.6) is 0 Å². The first-order valence-electron chi connectivity index (χ1n) is 11.9. The standard InChI is InChI=1S/C28H34O6/c1-28(2,3)34-27(31)24(26(30)33-19-22-13-8-5-9-14-22)23(17-20-15-10-16-20)25(29)32-18-21-11-6-4-7-12-21/h4-9,11-14,20,23-24H,10,15-19H2,1-3H3/t23-,24?/m1/s1. The third kappa shape index (κ3) is 7.72. The Morgan fingerprint density at radius 1 is 0.794 bits per heavy atom. The minimum absolute atomic E-state index is 0.00812. The Morgan fingerprint density at radius 3 is 1.74 bits per heavy atom. The molecule has 6 nitrogen and oxygen atoms in total. The van der Waals surface area contributed by atoms with Crippen molar-refractivity contribution in [1.82, 2.24) is 0 Å². The van der Waals surface area contributed by atoms with Gasteiger partial charge in [0.25, 0.3) is 0 Å². The SMILES string of the molecule is CC(C)(C)OC(=O)C(C(=O)OCc1ccccc1)[C@@H](CC1CCC1)C(=O)OCc1ccccc1. The van der Waals surface area contributed by atoms with E-state index in [-0.39, 0.29) is 19.1 Å². The quantitative estimate of drug-likeness (QED) is 0.271. The summed E-state index contributed by atoms with van der Waals surface area (Å²) in [6.45, 7) is 5.26. The molecule has 1 aliphatic rings. The molecule has 0 N–H and O–H groups in total. The molecule has 0 aromatic heterocycles. The number of rotatable bonds is 10. The molecule has 3 rings (SSSR count). The van der Waals surface area contributed by atoms with E-state index in [1.807, 2.05) is 60.7 Å². The minimum Gasteiger partial charge on any atom is -0.461 e. The summed E-state index contributed by atoms with van der Waals surface area (Å²) in [5.74, 6) is -4.19. The van der Waals surface area contributed by atoms with E-state index >= 15 is 0 Å². The summed E-state index contributed by atoms with van der Waals surface area (Å²) in [5.41, 5.74) is 0.809. The van der Waals surface area contributed by atoms with E-state index in [9.17, 15) is 14.4 Å². The largest absolute Gasteiger partial charge is 0.461 e. The van der Waals surface area contributed by atoms with Gasteiger partial charge in [-0.2, -0.15) is 0 Å². The van der Waals surface area contributed by atoms with Crippen LogP contribution in [0.2, 0.25) is 0 Å². The first-order chi connectivity index (χ1) is 16.2. The first kappa shape index (κ1) is 25.5. The van der Waals surface area contributed by atoms with Crippen molar-refractivity contribution in [3.63, 3.8) is 0 Å². The van der Waals surface area contributed by atoms with Crippen LogP contribution >= 0.6 is 0 Å². The van der Waals surface area contributed by atoms with Gasteiger partial charge in [0.2, 0.25) is 0 Å². The molecule has 1 fully saturated rings. The predicted molar refractivity (Wildman–Crippen MR) is 127 cm³/mol. The first-order valence-corrected chi connectivity index (χ1v) is 11.9. The summed E-state index contributed by atoms with van der Waals surface area (Å²) >= 11 is 0. The summed E-state index contributed by atoms with van der Waals surface area (Å²) in [5, 5.41) is 0. The lowest BCUT2D eigenvalue weighted by molar-refractivity contribution is -0.179. The molecule has 2 aromatic carbocycles. The molecule has 0 saturated heterocycles. The zero-order valence-electron chi connectivity index (χ0n) is 20.2. The van der Waals surface area contributed by atoms with Crippen molar-refractivity contribution >= 4 is 17.9 Å². The molecule has 0 bridgehead atoms. The average Bonchev–Trinajstić information content (AvgIpc) is 2.77. The smallest absolute Gasteiger partial charge is 0.321 e. The summed E-state index contributed by atoms with van der Waals surface area (Å²) in [4.78, 5) is 39.7. The van der Waals surface area contributed by atoms with Crippen molar-refractivity contribution in [1.29, 1.82) is 0 Å². The van der Waals surface area contributed by atoms with Crippen molar-refractivity contribution in [2.45, 2.75) is 65.3 Å². The number of carbonyl (C=O) groups is 3. The van der Waals surface area contributed by atoms with E-state index in [1.54, 1.807) is 20.8 Å². The van der Waals surface area contributed by atoms with Gasteiger partial charge in [-0.05, 0) is 44.2 Å². The van der Waals surface area contributed by atoms with Crippen molar-refractivity contribution in [3.8, 4) is 0 Å². The summed E-state index contributed by atoms with van der Waals surface area (Å²) in [6, 6.07) is 18.5. The number of esters is 3. The van der Waals surface area contributed by atoms with Gasteiger partial charge < -0.3 is 14.2 Å². The fourth-order valence-corrected chi connectivity index (χ4v) is 3.90. The topological polar surface area (TPSA) is 78.9 Å². The Morgan fingerprint density at radius 2 is 1.29 bits per heavy atom. The molecule has 1 unspecified atom stereocenters. The predicted octanol–water partition coefficient (Wildman–Crippen LogP) is 5.24. The third-order valence-electron chi connectivity index (χ3n) is 5.88. The van der Waals surface area contributed by atoms with Gasteiger partial charge in [-0.25, -0.2) is 0 Å². The molecule has 0 spiro atoms. The van der Waals surface area contributed by atoms with Gasteiger partial charge in [-0.3, -0.25) is 14.4 Å².